The van der Waals surface area contributed by atoms with Crippen molar-refractivity contribution < 1.29 is 4.79 Å². The zero-order chi connectivity index (χ0) is 20.5. The lowest BCUT2D eigenvalue weighted by Gasteiger charge is -2.21. The number of piperidine rings is 1. The predicted octanol–water partition coefficient (Wildman–Crippen LogP) is 3.30. The lowest BCUT2D eigenvalue weighted by Crippen LogP contribution is -2.43. The van der Waals surface area contributed by atoms with Crippen molar-refractivity contribution in [2.75, 3.05) is 11.9 Å². The maximum Gasteiger partial charge on any atom is 0.243 e. The molecule has 8 nitrogen and oxygen atoms in total. The lowest BCUT2D eigenvalue weighted by molar-refractivity contribution is -0.118. The molecule has 0 aliphatic carbocycles. The van der Waals surface area contributed by atoms with E-state index < -0.39 is 0 Å². The second-order valence-corrected chi connectivity index (χ2v) is 8.33. The van der Waals surface area contributed by atoms with Gasteiger partial charge >= 0.3 is 0 Å². The summed E-state index contributed by atoms with van der Waals surface area (Å²) >= 11 is 1.44. The van der Waals surface area contributed by atoms with Crippen molar-refractivity contribution in [3.05, 3.63) is 48.5 Å². The van der Waals surface area contributed by atoms with E-state index in [1.54, 1.807) is 4.52 Å². The summed E-state index contributed by atoms with van der Waals surface area (Å²) in [6.07, 6.45) is 6.46. The topological polar surface area (TPSA) is 97.1 Å². The summed E-state index contributed by atoms with van der Waals surface area (Å²) in [5.74, 6) is -0.0366. The van der Waals surface area contributed by atoms with Crippen molar-refractivity contribution in [1.29, 1.82) is 0 Å². The molecule has 0 bridgehead atoms. The quantitative estimate of drug-likeness (QED) is 0.527. The molecule has 9 heteroatoms. The maximum absolute atomic E-state index is 12.7. The molecular weight excluding hydrogens is 398 g/mol. The molecule has 5 rings (SSSR count). The summed E-state index contributed by atoms with van der Waals surface area (Å²) in [5, 5.41) is 11.1. The third kappa shape index (κ3) is 3.69. The van der Waals surface area contributed by atoms with Gasteiger partial charge in [-0.05, 0) is 50.6 Å². The fraction of sp³-hybridized carbons (Fsp3) is 0.286. The van der Waals surface area contributed by atoms with Crippen molar-refractivity contribution >= 4 is 28.0 Å². The van der Waals surface area contributed by atoms with Gasteiger partial charge in [-0.3, -0.25) is 9.78 Å². The number of aromatic nitrogens is 5. The molecule has 30 heavy (non-hydrogen) atoms. The number of carbonyl (C=O) groups is 1. The summed E-state index contributed by atoms with van der Waals surface area (Å²) in [7, 11) is 0. The number of anilines is 1. The molecule has 0 radical (unpaired) electrons. The van der Waals surface area contributed by atoms with Gasteiger partial charge in [-0.2, -0.15) is 5.10 Å². The number of hydrogen-bond acceptors (Lipinski definition) is 7. The van der Waals surface area contributed by atoms with Gasteiger partial charge in [0.1, 0.15) is 12.0 Å². The normalized spacial score (nSPS) is 16.6. The molecule has 2 N–H and O–H groups in total. The summed E-state index contributed by atoms with van der Waals surface area (Å²) in [6.45, 7) is 2.83. The average molecular weight is 420 g/mol. The van der Waals surface area contributed by atoms with Gasteiger partial charge in [0, 0.05) is 17.5 Å². The molecule has 1 atom stereocenters. The molecule has 1 amide bonds. The Morgan fingerprint density at radius 3 is 3.00 bits per heavy atom. The molecule has 4 aromatic heterocycles. The van der Waals surface area contributed by atoms with Gasteiger partial charge in [0.2, 0.25) is 5.91 Å². The molecule has 0 unspecified atom stereocenters. The Kier molecular flexibility index (Phi) is 4.97. The number of carbonyl (C=O) groups excluding carboxylic acids is 1. The zero-order valence-electron chi connectivity index (χ0n) is 16.5. The van der Waals surface area contributed by atoms with Gasteiger partial charge in [0.25, 0.3) is 0 Å². The van der Waals surface area contributed by atoms with Crippen LogP contribution >= 0.6 is 11.3 Å². The van der Waals surface area contributed by atoms with E-state index in [4.69, 9.17) is 4.98 Å². The molecule has 1 aliphatic heterocycles. The van der Waals surface area contributed by atoms with Crippen LogP contribution < -0.4 is 10.6 Å². The third-order valence-electron chi connectivity index (χ3n) is 5.15. The van der Waals surface area contributed by atoms with E-state index in [0.29, 0.717) is 5.13 Å². The van der Waals surface area contributed by atoms with Crippen LogP contribution in [-0.4, -0.2) is 43.1 Å². The zero-order valence-corrected chi connectivity index (χ0v) is 17.3. The molecule has 4 aromatic rings. The van der Waals surface area contributed by atoms with E-state index in [9.17, 15) is 4.79 Å². The number of pyridine rings is 2. The number of amides is 1. The van der Waals surface area contributed by atoms with Crippen molar-refractivity contribution in [3.63, 3.8) is 0 Å². The van der Waals surface area contributed by atoms with Crippen molar-refractivity contribution in [3.8, 4) is 21.8 Å². The average Bonchev–Trinajstić information content (AvgIpc) is 3.40. The third-order valence-corrected chi connectivity index (χ3v) is 6.17. The van der Waals surface area contributed by atoms with Gasteiger partial charge < -0.3 is 10.6 Å². The molecular formula is C21H21N7OS. The first-order chi connectivity index (χ1) is 14.7. The van der Waals surface area contributed by atoms with Gasteiger partial charge in [-0.15, -0.1) is 0 Å². The number of hydrogen-bond donors (Lipinski definition) is 2. The molecule has 5 heterocycles. The van der Waals surface area contributed by atoms with Crippen molar-refractivity contribution in [1.82, 2.24) is 29.9 Å². The fourth-order valence-electron chi connectivity index (χ4n) is 3.64. The Balaban J connectivity index is 1.54. The number of rotatable bonds is 4. The standard InChI is InChI=1S/C21H21N7OS/c1-13-5-4-7-15(25-13)18-19(14-8-9-17-23-12-24-28(17)11-14)30-21(26-18)27-20(29)16-6-2-3-10-22-16/h4-5,7-9,11-12,16,22H,2-3,6,10H2,1H3,(H,26,27,29)/t16-/m0/s1. The Hall–Kier alpha value is -3.17. The van der Waals surface area contributed by atoms with Crippen LogP contribution in [0.1, 0.15) is 25.0 Å². The summed E-state index contributed by atoms with van der Waals surface area (Å²) in [5.41, 5.74) is 4.15. The van der Waals surface area contributed by atoms with Crippen LogP contribution in [0.5, 0.6) is 0 Å². The Labute approximate surface area is 177 Å². The molecule has 0 aromatic carbocycles. The monoisotopic (exact) mass is 419 g/mol. The highest BCUT2D eigenvalue weighted by atomic mass is 32.1. The van der Waals surface area contributed by atoms with Gasteiger partial charge in [0.05, 0.1) is 16.6 Å². The van der Waals surface area contributed by atoms with Gasteiger partial charge in [-0.25, -0.2) is 14.5 Å². The Morgan fingerprint density at radius 1 is 1.23 bits per heavy atom. The van der Waals surface area contributed by atoms with Crippen LogP contribution in [0.15, 0.2) is 42.9 Å². The van der Waals surface area contributed by atoms with E-state index in [1.165, 1.54) is 17.7 Å². The van der Waals surface area contributed by atoms with E-state index in [0.717, 1.165) is 59.0 Å². The molecule has 1 saturated heterocycles. The Morgan fingerprint density at radius 2 is 2.17 bits per heavy atom. The molecule has 152 valence electrons. The molecule has 0 spiro atoms. The molecule has 0 saturated carbocycles. The van der Waals surface area contributed by atoms with Crippen LogP contribution in [-0.2, 0) is 4.79 Å². The number of thiazole rings is 1. The first-order valence-corrected chi connectivity index (χ1v) is 10.8. The van der Waals surface area contributed by atoms with Crippen molar-refractivity contribution in [2.45, 2.75) is 32.2 Å². The smallest absolute Gasteiger partial charge is 0.243 e. The number of nitrogens with one attached hydrogen (secondary N) is 2. The first-order valence-electron chi connectivity index (χ1n) is 9.96. The van der Waals surface area contributed by atoms with E-state index in [2.05, 4.69) is 25.7 Å². The second kappa shape index (κ2) is 7.92. The largest absolute Gasteiger partial charge is 0.306 e. The van der Waals surface area contributed by atoms with Crippen LogP contribution in [0.4, 0.5) is 5.13 Å². The van der Waals surface area contributed by atoms with Crippen molar-refractivity contribution in [2.24, 2.45) is 0 Å². The minimum absolute atomic E-state index is 0.0366. The highest BCUT2D eigenvalue weighted by Crippen LogP contribution is 2.38. The highest BCUT2D eigenvalue weighted by molar-refractivity contribution is 7.19. The number of fused-ring (bicyclic) bond motifs is 1. The highest BCUT2D eigenvalue weighted by Gasteiger charge is 2.23. The summed E-state index contributed by atoms with van der Waals surface area (Å²) < 4.78 is 1.73. The second-order valence-electron chi connectivity index (χ2n) is 7.33. The summed E-state index contributed by atoms with van der Waals surface area (Å²) in [4.78, 5) is 27.2. The first kappa shape index (κ1) is 18.8. The van der Waals surface area contributed by atoms with E-state index in [-0.39, 0.29) is 11.9 Å². The van der Waals surface area contributed by atoms with Gasteiger partial charge in [-0.1, -0.05) is 23.8 Å². The SMILES string of the molecule is Cc1cccc(-c2nc(NC(=O)[C@@H]3CCCCN3)sc2-c2ccc3ncnn3c2)n1. The number of nitrogens with zero attached hydrogens (tertiary/aromatic N) is 5. The van der Waals surface area contributed by atoms with Gasteiger partial charge in [0.15, 0.2) is 10.8 Å². The minimum Gasteiger partial charge on any atom is -0.306 e. The Bertz CT molecular complexity index is 1210. The maximum atomic E-state index is 12.7. The predicted molar refractivity (Wildman–Crippen MR) is 116 cm³/mol. The fourth-order valence-corrected chi connectivity index (χ4v) is 4.60. The van der Waals surface area contributed by atoms with Crippen LogP contribution in [0, 0.1) is 6.92 Å². The summed E-state index contributed by atoms with van der Waals surface area (Å²) in [6, 6.07) is 9.59. The molecule has 1 fully saturated rings. The number of aryl methyl sites for hydroxylation is 1. The lowest BCUT2D eigenvalue weighted by atomic mass is 10.0. The van der Waals surface area contributed by atoms with Crippen LogP contribution in [0.2, 0.25) is 0 Å². The van der Waals surface area contributed by atoms with Crippen LogP contribution in [0.25, 0.3) is 27.5 Å². The minimum atomic E-state index is -0.168. The van der Waals surface area contributed by atoms with E-state index in [1.807, 2.05) is 43.5 Å². The molecule has 1 aliphatic rings. The van der Waals surface area contributed by atoms with E-state index >= 15 is 0 Å². The van der Waals surface area contributed by atoms with Crippen LogP contribution in [0.3, 0.4) is 0 Å².